The van der Waals surface area contributed by atoms with E-state index in [0.29, 0.717) is 12.1 Å². The van der Waals surface area contributed by atoms with Crippen LogP contribution in [0.1, 0.15) is 80.8 Å². The van der Waals surface area contributed by atoms with E-state index < -0.39 is 0 Å². The average molecular weight is 343 g/mol. The topological polar surface area (TPSA) is 33.1 Å². The molecular formula is C21H34N4. The molecule has 2 aliphatic carbocycles. The lowest BCUT2D eigenvalue weighted by atomic mass is 9.84. The Morgan fingerprint density at radius 1 is 0.920 bits per heavy atom. The fourth-order valence-corrected chi connectivity index (χ4v) is 5.90. The summed E-state index contributed by atoms with van der Waals surface area (Å²) in [5.41, 5.74) is 4.60. The lowest BCUT2D eigenvalue weighted by Crippen LogP contribution is -2.55. The molecule has 1 aromatic heterocycles. The fraction of sp³-hybridized carbons (Fsp3) is 0.857. The van der Waals surface area contributed by atoms with Gasteiger partial charge in [-0.05, 0) is 75.9 Å². The second-order valence-corrected chi connectivity index (χ2v) is 8.94. The first-order chi connectivity index (χ1) is 12.4. The van der Waals surface area contributed by atoms with Crippen LogP contribution in [0.2, 0.25) is 0 Å². The maximum absolute atomic E-state index is 5.20. The Labute approximate surface area is 152 Å². The van der Waals surface area contributed by atoms with Crippen molar-refractivity contribution < 1.29 is 0 Å². The van der Waals surface area contributed by atoms with Crippen molar-refractivity contribution in [1.29, 1.82) is 0 Å². The Kier molecular flexibility index (Phi) is 4.59. The quantitative estimate of drug-likeness (QED) is 0.910. The molecule has 5 aliphatic rings. The molecule has 1 atom stereocenters. The Bertz CT molecular complexity index is 593. The van der Waals surface area contributed by atoms with Gasteiger partial charge in [0.25, 0.3) is 0 Å². The van der Waals surface area contributed by atoms with Gasteiger partial charge < -0.3 is 10.2 Å². The number of piperidine rings is 3. The predicted molar refractivity (Wildman–Crippen MR) is 101 cm³/mol. The molecule has 3 aliphatic heterocycles. The van der Waals surface area contributed by atoms with Gasteiger partial charge in [0.1, 0.15) is 0 Å². The maximum Gasteiger partial charge on any atom is 0.0797 e. The van der Waals surface area contributed by atoms with E-state index in [1.54, 1.807) is 11.3 Å². The Morgan fingerprint density at radius 2 is 1.72 bits per heavy atom. The monoisotopic (exact) mass is 342 g/mol. The first-order valence-corrected chi connectivity index (χ1v) is 10.9. The highest BCUT2D eigenvalue weighted by atomic mass is 15.3. The molecular weight excluding hydrogens is 308 g/mol. The van der Waals surface area contributed by atoms with Crippen LogP contribution in [0.25, 0.3) is 0 Å². The minimum atomic E-state index is 0.686. The first-order valence-electron chi connectivity index (χ1n) is 10.9. The largest absolute Gasteiger partial charge is 0.307 e. The maximum atomic E-state index is 5.20. The summed E-state index contributed by atoms with van der Waals surface area (Å²) < 4.78 is 2.49. The molecule has 6 rings (SSSR count). The molecule has 0 aromatic carbocycles. The third kappa shape index (κ3) is 3.16. The second-order valence-electron chi connectivity index (χ2n) is 8.94. The second kappa shape index (κ2) is 7.03. The van der Waals surface area contributed by atoms with Crippen molar-refractivity contribution in [3.63, 3.8) is 0 Å². The summed E-state index contributed by atoms with van der Waals surface area (Å²) in [5.74, 6) is 0.904. The molecule has 0 spiro atoms. The third-order valence-electron chi connectivity index (χ3n) is 7.40. The molecule has 4 heterocycles. The third-order valence-corrected chi connectivity index (χ3v) is 7.40. The van der Waals surface area contributed by atoms with E-state index in [1.807, 2.05) is 0 Å². The number of nitrogens with zero attached hydrogens (tertiary/aromatic N) is 3. The minimum absolute atomic E-state index is 0.686. The molecule has 1 N–H and O–H groups in total. The smallest absolute Gasteiger partial charge is 0.0797 e. The SMILES string of the molecule is C1CCC(n2nc(CNC3CN4CCC3CC4)c3c2CCCC3)CC1. The molecule has 0 amide bonds. The number of rotatable bonds is 4. The standard InChI is InChI=1S/C21H34N4/c1-2-6-17(7-3-1)25-21-9-5-4-8-18(21)19(23-25)14-22-20-15-24-12-10-16(20)11-13-24/h16-17,20,22H,1-15H2. The summed E-state index contributed by atoms with van der Waals surface area (Å²) in [6.07, 6.45) is 14.9. The van der Waals surface area contributed by atoms with Gasteiger partial charge in [0, 0.05) is 24.8 Å². The van der Waals surface area contributed by atoms with Crippen LogP contribution in [0, 0.1) is 5.92 Å². The highest BCUT2D eigenvalue weighted by Gasteiger charge is 2.34. The van der Waals surface area contributed by atoms with Crippen LogP contribution in [0.3, 0.4) is 0 Å². The van der Waals surface area contributed by atoms with E-state index in [-0.39, 0.29) is 0 Å². The molecule has 3 saturated heterocycles. The van der Waals surface area contributed by atoms with Gasteiger partial charge in [-0.1, -0.05) is 19.3 Å². The predicted octanol–water partition coefficient (Wildman–Crippen LogP) is 3.45. The van der Waals surface area contributed by atoms with E-state index in [4.69, 9.17) is 5.10 Å². The molecule has 4 nitrogen and oxygen atoms in total. The number of hydrogen-bond acceptors (Lipinski definition) is 3. The highest BCUT2D eigenvalue weighted by molar-refractivity contribution is 5.29. The average Bonchev–Trinajstić information content (AvgIpc) is 3.07. The van der Waals surface area contributed by atoms with Crippen LogP contribution in [0.15, 0.2) is 0 Å². The van der Waals surface area contributed by atoms with Crippen molar-refractivity contribution in [2.24, 2.45) is 5.92 Å². The summed E-state index contributed by atoms with van der Waals surface area (Å²) in [6, 6.07) is 1.38. The van der Waals surface area contributed by atoms with Gasteiger partial charge in [-0.2, -0.15) is 5.10 Å². The van der Waals surface area contributed by atoms with Gasteiger partial charge in [-0.15, -0.1) is 0 Å². The molecule has 1 unspecified atom stereocenters. The molecule has 138 valence electrons. The Hall–Kier alpha value is -0.870. The summed E-state index contributed by atoms with van der Waals surface area (Å²) in [5, 5.41) is 9.12. The number of hydrogen-bond donors (Lipinski definition) is 1. The van der Waals surface area contributed by atoms with Crippen molar-refractivity contribution >= 4 is 0 Å². The lowest BCUT2D eigenvalue weighted by Gasteiger charge is -2.45. The molecule has 25 heavy (non-hydrogen) atoms. The van der Waals surface area contributed by atoms with E-state index in [1.165, 1.54) is 96.0 Å². The Morgan fingerprint density at radius 3 is 2.48 bits per heavy atom. The first kappa shape index (κ1) is 16.3. The number of fused-ring (bicyclic) bond motifs is 4. The van der Waals surface area contributed by atoms with Crippen LogP contribution >= 0.6 is 0 Å². The summed E-state index contributed by atoms with van der Waals surface area (Å²) in [7, 11) is 0. The number of nitrogens with one attached hydrogen (secondary N) is 1. The summed E-state index contributed by atoms with van der Waals surface area (Å²) >= 11 is 0. The lowest BCUT2D eigenvalue weighted by molar-refractivity contribution is 0.0718. The summed E-state index contributed by atoms with van der Waals surface area (Å²) in [6.45, 7) is 4.91. The van der Waals surface area contributed by atoms with Gasteiger partial charge in [0.05, 0.1) is 11.7 Å². The van der Waals surface area contributed by atoms with E-state index in [9.17, 15) is 0 Å². The van der Waals surface area contributed by atoms with Gasteiger partial charge in [-0.3, -0.25) is 4.68 Å². The van der Waals surface area contributed by atoms with Crippen molar-refractivity contribution in [3.05, 3.63) is 17.0 Å². The van der Waals surface area contributed by atoms with Gasteiger partial charge >= 0.3 is 0 Å². The van der Waals surface area contributed by atoms with Crippen molar-refractivity contribution in [3.8, 4) is 0 Å². The highest BCUT2D eigenvalue weighted by Crippen LogP contribution is 2.34. The molecule has 4 heteroatoms. The van der Waals surface area contributed by atoms with Crippen LogP contribution in [0.4, 0.5) is 0 Å². The number of aromatic nitrogens is 2. The van der Waals surface area contributed by atoms with E-state index >= 15 is 0 Å². The zero-order chi connectivity index (χ0) is 16.6. The molecule has 4 fully saturated rings. The zero-order valence-corrected chi connectivity index (χ0v) is 15.7. The van der Waals surface area contributed by atoms with E-state index in [2.05, 4.69) is 14.9 Å². The molecule has 1 aromatic rings. The summed E-state index contributed by atoms with van der Waals surface area (Å²) in [4.78, 5) is 2.65. The molecule has 2 bridgehead atoms. The Balaban J connectivity index is 1.33. The fourth-order valence-electron chi connectivity index (χ4n) is 5.90. The van der Waals surface area contributed by atoms with Crippen molar-refractivity contribution in [1.82, 2.24) is 20.0 Å². The minimum Gasteiger partial charge on any atom is -0.307 e. The zero-order valence-electron chi connectivity index (χ0n) is 15.7. The van der Waals surface area contributed by atoms with Gasteiger partial charge in [-0.25, -0.2) is 0 Å². The molecule has 1 saturated carbocycles. The van der Waals surface area contributed by atoms with Crippen LogP contribution in [-0.2, 0) is 19.4 Å². The van der Waals surface area contributed by atoms with Gasteiger partial charge in [0.15, 0.2) is 0 Å². The van der Waals surface area contributed by atoms with Crippen LogP contribution in [-0.4, -0.2) is 40.4 Å². The van der Waals surface area contributed by atoms with Crippen molar-refractivity contribution in [2.45, 2.75) is 89.3 Å². The van der Waals surface area contributed by atoms with Crippen LogP contribution < -0.4 is 5.32 Å². The van der Waals surface area contributed by atoms with E-state index in [0.717, 1.165) is 12.5 Å². The van der Waals surface area contributed by atoms with Crippen LogP contribution in [0.5, 0.6) is 0 Å². The van der Waals surface area contributed by atoms with Crippen molar-refractivity contribution in [2.75, 3.05) is 19.6 Å². The normalized spacial score (nSPS) is 32.7. The van der Waals surface area contributed by atoms with Gasteiger partial charge in [0.2, 0.25) is 0 Å². The molecule has 0 radical (unpaired) electrons.